The fraction of sp³-hybridized carbons (Fsp3) is 0.333. The van der Waals surface area contributed by atoms with Crippen LogP contribution in [-0.2, 0) is 16.4 Å². The minimum atomic E-state index is -3.43. The molecule has 3 N–H and O–H groups in total. The van der Waals surface area contributed by atoms with Crippen LogP contribution in [0, 0.1) is 18.3 Å². The average molecular weight is 463 g/mol. The van der Waals surface area contributed by atoms with Crippen LogP contribution in [0.1, 0.15) is 29.5 Å². The SMILES string of the molecule is CNC1CC(Nc2c(C#N)ccc3cn(Cc4c(S(C)(=O)=O)cc(C)c5[nH]ccc45)nc23)C1. The standard InChI is InChI=1S/C24H26N6O2S/c1-14-8-21(33(3,31)32)20(19-6-7-27-22(14)19)13-30-12-16-5-4-15(11-25)23(24(16)29-30)28-18-9-17(10-18)26-2/h4-8,12,17-18,26-28H,9-10,13H2,1-3H3. The summed E-state index contributed by atoms with van der Waals surface area (Å²) in [5, 5.41) is 23.0. The van der Waals surface area contributed by atoms with E-state index in [9.17, 15) is 13.7 Å². The molecule has 0 amide bonds. The lowest BCUT2D eigenvalue weighted by Gasteiger charge is -2.36. The number of sulfone groups is 1. The number of aromatic amines is 1. The highest BCUT2D eigenvalue weighted by Gasteiger charge is 2.29. The molecule has 2 heterocycles. The average Bonchev–Trinajstić information content (AvgIpc) is 3.38. The van der Waals surface area contributed by atoms with Crippen molar-refractivity contribution in [3.05, 3.63) is 53.3 Å². The summed E-state index contributed by atoms with van der Waals surface area (Å²) in [6, 6.07) is 10.4. The van der Waals surface area contributed by atoms with Crippen molar-refractivity contribution in [1.29, 1.82) is 5.26 Å². The molecule has 4 aromatic rings. The van der Waals surface area contributed by atoms with Crippen LogP contribution in [0.4, 0.5) is 5.69 Å². The zero-order valence-electron chi connectivity index (χ0n) is 18.8. The topological polar surface area (TPSA) is 116 Å². The van der Waals surface area contributed by atoms with Crippen LogP contribution in [0.15, 0.2) is 41.6 Å². The van der Waals surface area contributed by atoms with Gasteiger partial charge < -0.3 is 15.6 Å². The number of aromatic nitrogens is 3. The molecule has 33 heavy (non-hydrogen) atoms. The molecule has 2 aromatic carbocycles. The number of nitrogens with zero attached hydrogens (tertiary/aromatic N) is 3. The Morgan fingerprint density at radius 2 is 2.06 bits per heavy atom. The van der Waals surface area contributed by atoms with Gasteiger partial charge in [-0.15, -0.1) is 0 Å². The van der Waals surface area contributed by atoms with E-state index in [1.54, 1.807) is 10.7 Å². The number of nitriles is 1. The maximum Gasteiger partial charge on any atom is 0.175 e. The molecule has 0 radical (unpaired) electrons. The molecule has 1 aliphatic carbocycles. The van der Waals surface area contributed by atoms with E-state index >= 15 is 0 Å². The molecule has 2 aromatic heterocycles. The van der Waals surface area contributed by atoms with Crippen molar-refractivity contribution in [2.24, 2.45) is 0 Å². The molecule has 1 fully saturated rings. The summed E-state index contributed by atoms with van der Waals surface area (Å²) in [4.78, 5) is 3.53. The van der Waals surface area contributed by atoms with Crippen LogP contribution in [0.3, 0.4) is 0 Å². The van der Waals surface area contributed by atoms with Gasteiger partial charge in [0.1, 0.15) is 11.6 Å². The smallest absolute Gasteiger partial charge is 0.175 e. The maximum atomic E-state index is 12.6. The van der Waals surface area contributed by atoms with Gasteiger partial charge in [-0.2, -0.15) is 10.4 Å². The van der Waals surface area contributed by atoms with Crippen LogP contribution in [-0.4, -0.2) is 48.6 Å². The van der Waals surface area contributed by atoms with E-state index in [1.165, 1.54) is 6.26 Å². The number of hydrogen-bond donors (Lipinski definition) is 3. The van der Waals surface area contributed by atoms with Gasteiger partial charge in [-0.3, -0.25) is 4.68 Å². The van der Waals surface area contributed by atoms with Crippen molar-refractivity contribution in [2.75, 3.05) is 18.6 Å². The van der Waals surface area contributed by atoms with Gasteiger partial charge >= 0.3 is 0 Å². The summed E-state index contributed by atoms with van der Waals surface area (Å²) in [7, 11) is -1.47. The second kappa shape index (κ2) is 7.90. The number of benzene rings is 2. The van der Waals surface area contributed by atoms with Crippen molar-refractivity contribution in [2.45, 2.75) is 43.3 Å². The first-order valence-electron chi connectivity index (χ1n) is 10.9. The minimum absolute atomic E-state index is 0.290. The number of H-pyrrole nitrogens is 1. The van der Waals surface area contributed by atoms with E-state index in [0.29, 0.717) is 34.7 Å². The van der Waals surface area contributed by atoms with E-state index in [-0.39, 0.29) is 0 Å². The van der Waals surface area contributed by atoms with E-state index in [4.69, 9.17) is 5.10 Å². The third kappa shape index (κ3) is 3.75. The lowest BCUT2D eigenvalue weighted by molar-refractivity contribution is 0.326. The van der Waals surface area contributed by atoms with Crippen LogP contribution in [0.25, 0.3) is 21.8 Å². The van der Waals surface area contributed by atoms with E-state index in [2.05, 4.69) is 21.7 Å². The van der Waals surface area contributed by atoms with Crippen molar-refractivity contribution < 1.29 is 8.42 Å². The number of nitrogens with one attached hydrogen (secondary N) is 3. The molecule has 0 saturated heterocycles. The summed E-state index contributed by atoms with van der Waals surface area (Å²) in [6.45, 7) is 2.21. The number of anilines is 1. The maximum absolute atomic E-state index is 12.6. The zero-order chi connectivity index (χ0) is 23.3. The first-order valence-corrected chi connectivity index (χ1v) is 12.8. The minimum Gasteiger partial charge on any atom is -0.379 e. The van der Waals surface area contributed by atoms with Crippen LogP contribution >= 0.6 is 0 Å². The Hall–Kier alpha value is -3.35. The van der Waals surface area contributed by atoms with Gasteiger partial charge in [-0.25, -0.2) is 8.42 Å². The molecule has 0 spiro atoms. The van der Waals surface area contributed by atoms with Gasteiger partial charge in [0, 0.05) is 52.6 Å². The van der Waals surface area contributed by atoms with Crippen LogP contribution in [0.2, 0.25) is 0 Å². The molecule has 1 aliphatic rings. The molecular weight excluding hydrogens is 436 g/mol. The molecule has 1 saturated carbocycles. The van der Waals surface area contributed by atoms with Gasteiger partial charge in [0.2, 0.25) is 0 Å². The molecule has 9 heteroatoms. The van der Waals surface area contributed by atoms with E-state index in [0.717, 1.165) is 45.9 Å². The predicted octanol–water partition coefficient (Wildman–Crippen LogP) is 3.31. The fourth-order valence-corrected chi connectivity index (χ4v) is 5.74. The Balaban J connectivity index is 1.58. The molecule has 8 nitrogen and oxygen atoms in total. The molecule has 0 unspecified atom stereocenters. The number of rotatable bonds is 6. The highest BCUT2D eigenvalue weighted by Crippen LogP contribution is 2.33. The largest absolute Gasteiger partial charge is 0.379 e. The summed E-state index contributed by atoms with van der Waals surface area (Å²) in [5.41, 5.74) is 4.54. The van der Waals surface area contributed by atoms with Crippen molar-refractivity contribution in [3.63, 3.8) is 0 Å². The van der Waals surface area contributed by atoms with Crippen LogP contribution < -0.4 is 10.6 Å². The summed E-state index contributed by atoms with van der Waals surface area (Å²) in [5.74, 6) is 0. The molecule has 0 bridgehead atoms. The third-order valence-corrected chi connectivity index (χ3v) is 7.74. The Bertz CT molecular complexity index is 1520. The highest BCUT2D eigenvalue weighted by molar-refractivity contribution is 7.90. The first kappa shape index (κ1) is 21.5. The number of aryl methyl sites for hydroxylation is 1. The summed E-state index contributed by atoms with van der Waals surface area (Å²) >= 11 is 0. The molecule has 170 valence electrons. The lowest BCUT2D eigenvalue weighted by atomic mass is 9.86. The quantitative estimate of drug-likeness (QED) is 0.405. The van der Waals surface area contributed by atoms with Gasteiger partial charge in [0.05, 0.1) is 22.7 Å². The number of fused-ring (bicyclic) bond motifs is 2. The second-order valence-electron chi connectivity index (χ2n) is 8.87. The molecule has 0 aliphatic heterocycles. The Kier molecular flexibility index (Phi) is 5.15. The van der Waals surface area contributed by atoms with Gasteiger partial charge in [0.25, 0.3) is 0 Å². The second-order valence-corrected chi connectivity index (χ2v) is 10.9. The molecule has 0 atom stereocenters. The summed E-state index contributed by atoms with van der Waals surface area (Å²) in [6.07, 6.45) is 6.95. The lowest BCUT2D eigenvalue weighted by Crippen LogP contribution is -2.46. The molecule has 5 rings (SSSR count). The Morgan fingerprint density at radius 3 is 2.76 bits per heavy atom. The van der Waals surface area contributed by atoms with Crippen LogP contribution in [0.5, 0.6) is 0 Å². The van der Waals surface area contributed by atoms with E-state index < -0.39 is 9.84 Å². The first-order chi connectivity index (χ1) is 15.8. The van der Waals surface area contributed by atoms with Gasteiger partial charge in [-0.1, -0.05) is 0 Å². The van der Waals surface area contributed by atoms with Gasteiger partial charge in [0.15, 0.2) is 9.84 Å². The summed E-state index contributed by atoms with van der Waals surface area (Å²) < 4.78 is 26.9. The fourth-order valence-electron chi connectivity index (χ4n) is 4.72. The molecular formula is C24H26N6O2S. The Labute approximate surface area is 192 Å². The normalized spacial score (nSPS) is 18.4. The highest BCUT2D eigenvalue weighted by atomic mass is 32.2. The Morgan fingerprint density at radius 1 is 1.27 bits per heavy atom. The van der Waals surface area contributed by atoms with Crippen molar-refractivity contribution in [1.82, 2.24) is 20.1 Å². The predicted molar refractivity (Wildman–Crippen MR) is 129 cm³/mol. The van der Waals surface area contributed by atoms with Gasteiger partial charge in [-0.05, 0) is 56.6 Å². The van der Waals surface area contributed by atoms with Crippen molar-refractivity contribution in [3.8, 4) is 6.07 Å². The van der Waals surface area contributed by atoms with E-state index in [1.807, 2.05) is 44.6 Å². The monoisotopic (exact) mass is 462 g/mol. The zero-order valence-corrected chi connectivity index (χ0v) is 19.6. The number of hydrogen-bond acceptors (Lipinski definition) is 6. The van der Waals surface area contributed by atoms with Crippen molar-refractivity contribution >= 4 is 37.3 Å². The third-order valence-electron chi connectivity index (χ3n) is 6.57.